The smallest absolute Gasteiger partial charge is 0.230 e. The summed E-state index contributed by atoms with van der Waals surface area (Å²) in [6, 6.07) is 3.62. The predicted octanol–water partition coefficient (Wildman–Crippen LogP) is 2.30. The van der Waals surface area contributed by atoms with Gasteiger partial charge in [-0.2, -0.15) is 0 Å². The molecule has 3 rings (SSSR count). The summed E-state index contributed by atoms with van der Waals surface area (Å²) in [5, 5.41) is 9.38. The van der Waals surface area contributed by atoms with E-state index in [-0.39, 0.29) is 10.7 Å². The molecule has 1 saturated heterocycles. The van der Waals surface area contributed by atoms with E-state index in [1.807, 2.05) is 6.07 Å². The SMILES string of the molecule is O=C1CC(Br)CN1c1nnc(-c2ccco2)s1. The molecule has 5 nitrogen and oxygen atoms in total. The molecule has 0 saturated carbocycles. The standard InChI is InChI=1S/C10H8BrN3O2S/c11-6-4-8(15)14(5-6)10-13-12-9(17-10)7-2-1-3-16-7/h1-3,6H,4-5H2. The van der Waals surface area contributed by atoms with Gasteiger partial charge in [0.05, 0.1) is 6.26 Å². The maximum absolute atomic E-state index is 11.7. The molecule has 1 atom stereocenters. The summed E-state index contributed by atoms with van der Waals surface area (Å²) >= 11 is 4.80. The van der Waals surface area contributed by atoms with Crippen molar-refractivity contribution >= 4 is 38.3 Å². The largest absolute Gasteiger partial charge is 0.462 e. The van der Waals surface area contributed by atoms with Gasteiger partial charge in [-0.05, 0) is 12.1 Å². The van der Waals surface area contributed by atoms with Crippen molar-refractivity contribution in [2.24, 2.45) is 0 Å². The molecule has 1 amide bonds. The highest BCUT2D eigenvalue weighted by Gasteiger charge is 2.31. The fourth-order valence-corrected chi connectivity index (χ4v) is 3.08. The normalized spacial score (nSPS) is 20.2. The first-order chi connectivity index (χ1) is 8.24. The van der Waals surface area contributed by atoms with E-state index in [0.29, 0.717) is 28.9 Å². The number of carbonyl (C=O) groups is 1. The quantitative estimate of drug-likeness (QED) is 0.798. The minimum atomic E-state index is 0.0778. The summed E-state index contributed by atoms with van der Waals surface area (Å²) in [5.41, 5.74) is 0. The number of rotatable bonds is 2. The van der Waals surface area contributed by atoms with E-state index in [2.05, 4.69) is 26.1 Å². The molecule has 88 valence electrons. The second kappa shape index (κ2) is 4.23. The van der Waals surface area contributed by atoms with Gasteiger partial charge in [0.15, 0.2) is 10.8 Å². The highest BCUT2D eigenvalue weighted by atomic mass is 79.9. The van der Waals surface area contributed by atoms with Crippen molar-refractivity contribution in [3.05, 3.63) is 18.4 Å². The summed E-state index contributed by atoms with van der Waals surface area (Å²) in [5.74, 6) is 0.754. The number of aromatic nitrogens is 2. The van der Waals surface area contributed by atoms with Crippen LogP contribution in [-0.2, 0) is 4.79 Å². The second-order valence-corrected chi connectivity index (χ2v) is 5.92. The van der Waals surface area contributed by atoms with Gasteiger partial charge in [0.2, 0.25) is 11.0 Å². The highest BCUT2D eigenvalue weighted by Crippen LogP contribution is 2.32. The maximum atomic E-state index is 11.7. The van der Waals surface area contributed by atoms with Gasteiger partial charge >= 0.3 is 0 Å². The van der Waals surface area contributed by atoms with Gasteiger partial charge in [0, 0.05) is 17.8 Å². The van der Waals surface area contributed by atoms with Crippen molar-refractivity contribution in [2.45, 2.75) is 11.2 Å². The molecule has 17 heavy (non-hydrogen) atoms. The van der Waals surface area contributed by atoms with Crippen molar-refractivity contribution in [2.75, 3.05) is 11.4 Å². The molecule has 1 aliphatic heterocycles. The Morgan fingerprint density at radius 2 is 2.41 bits per heavy atom. The van der Waals surface area contributed by atoms with E-state index in [1.54, 1.807) is 17.2 Å². The Bertz CT molecular complexity index is 540. The maximum Gasteiger partial charge on any atom is 0.230 e. The van der Waals surface area contributed by atoms with Crippen LogP contribution in [0.3, 0.4) is 0 Å². The molecule has 2 aromatic rings. The fourth-order valence-electron chi connectivity index (χ4n) is 1.67. The van der Waals surface area contributed by atoms with Crippen LogP contribution in [0, 0.1) is 0 Å². The van der Waals surface area contributed by atoms with Crippen molar-refractivity contribution in [1.82, 2.24) is 10.2 Å². The molecule has 0 spiro atoms. The van der Waals surface area contributed by atoms with Crippen LogP contribution >= 0.6 is 27.3 Å². The van der Waals surface area contributed by atoms with Gasteiger partial charge in [-0.25, -0.2) is 0 Å². The van der Waals surface area contributed by atoms with Crippen molar-refractivity contribution in [1.29, 1.82) is 0 Å². The molecule has 2 aromatic heterocycles. The number of anilines is 1. The lowest BCUT2D eigenvalue weighted by Crippen LogP contribution is -2.24. The summed E-state index contributed by atoms with van der Waals surface area (Å²) in [6.45, 7) is 0.644. The Morgan fingerprint density at radius 3 is 3.06 bits per heavy atom. The number of alkyl halides is 1. The van der Waals surface area contributed by atoms with E-state index in [9.17, 15) is 4.79 Å². The summed E-state index contributed by atoms with van der Waals surface area (Å²) < 4.78 is 5.24. The zero-order chi connectivity index (χ0) is 11.8. The molecular weight excluding hydrogens is 306 g/mol. The van der Waals surface area contributed by atoms with Crippen molar-refractivity contribution < 1.29 is 9.21 Å². The number of halogens is 1. The third-order valence-corrected chi connectivity index (χ3v) is 4.03. The monoisotopic (exact) mass is 313 g/mol. The molecule has 3 heterocycles. The molecule has 7 heteroatoms. The zero-order valence-corrected chi connectivity index (χ0v) is 11.1. The van der Waals surface area contributed by atoms with Crippen LogP contribution in [0.4, 0.5) is 5.13 Å². The molecule has 1 aliphatic rings. The Hall–Kier alpha value is -1.21. The number of hydrogen-bond donors (Lipinski definition) is 0. The van der Waals surface area contributed by atoms with Gasteiger partial charge in [0.1, 0.15) is 0 Å². The summed E-state index contributed by atoms with van der Waals surface area (Å²) in [6.07, 6.45) is 2.10. The lowest BCUT2D eigenvalue weighted by Gasteiger charge is -2.09. The third kappa shape index (κ3) is 2.00. The summed E-state index contributed by atoms with van der Waals surface area (Å²) in [7, 11) is 0. The van der Waals surface area contributed by atoms with Gasteiger partial charge in [-0.1, -0.05) is 27.3 Å². The molecule has 0 aliphatic carbocycles. The number of nitrogens with zero attached hydrogens (tertiary/aromatic N) is 3. The third-order valence-electron chi connectivity index (χ3n) is 2.46. The predicted molar refractivity (Wildman–Crippen MR) is 67.3 cm³/mol. The van der Waals surface area contributed by atoms with Crippen LogP contribution < -0.4 is 4.90 Å². The molecule has 0 aromatic carbocycles. The Labute approximate surface area is 110 Å². The first-order valence-electron chi connectivity index (χ1n) is 5.06. The Kier molecular flexibility index (Phi) is 2.71. The topological polar surface area (TPSA) is 59.2 Å². The molecule has 1 unspecified atom stereocenters. The van der Waals surface area contributed by atoms with Crippen LogP contribution in [-0.4, -0.2) is 27.5 Å². The lowest BCUT2D eigenvalue weighted by atomic mass is 10.4. The van der Waals surface area contributed by atoms with Gasteiger partial charge in [0.25, 0.3) is 0 Å². The van der Waals surface area contributed by atoms with Gasteiger partial charge in [-0.3, -0.25) is 9.69 Å². The van der Waals surface area contributed by atoms with Crippen LogP contribution in [0.15, 0.2) is 22.8 Å². The summed E-state index contributed by atoms with van der Waals surface area (Å²) in [4.78, 5) is 13.5. The van der Waals surface area contributed by atoms with E-state index in [0.717, 1.165) is 0 Å². The lowest BCUT2D eigenvalue weighted by molar-refractivity contribution is -0.117. The van der Waals surface area contributed by atoms with E-state index < -0.39 is 0 Å². The number of amides is 1. The van der Waals surface area contributed by atoms with E-state index >= 15 is 0 Å². The first-order valence-corrected chi connectivity index (χ1v) is 6.79. The van der Waals surface area contributed by atoms with Gasteiger partial charge in [-0.15, -0.1) is 10.2 Å². The number of hydrogen-bond acceptors (Lipinski definition) is 5. The molecular formula is C10H8BrN3O2S. The molecule has 0 N–H and O–H groups in total. The van der Waals surface area contributed by atoms with E-state index in [1.165, 1.54) is 11.3 Å². The zero-order valence-electron chi connectivity index (χ0n) is 8.67. The highest BCUT2D eigenvalue weighted by molar-refractivity contribution is 9.09. The molecule has 0 radical (unpaired) electrons. The van der Waals surface area contributed by atoms with Crippen molar-refractivity contribution in [3.63, 3.8) is 0 Å². The second-order valence-electron chi connectivity index (χ2n) is 3.67. The fraction of sp³-hybridized carbons (Fsp3) is 0.300. The first kappa shape index (κ1) is 10.9. The average molecular weight is 314 g/mol. The average Bonchev–Trinajstić information content (AvgIpc) is 2.97. The minimum absolute atomic E-state index is 0.0778. The van der Waals surface area contributed by atoms with Crippen LogP contribution in [0.2, 0.25) is 0 Å². The Morgan fingerprint density at radius 1 is 1.53 bits per heavy atom. The van der Waals surface area contributed by atoms with E-state index in [4.69, 9.17) is 4.42 Å². The van der Waals surface area contributed by atoms with Crippen LogP contribution in [0.25, 0.3) is 10.8 Å². The van der Waals surface area contributed by atoms with Crippen LogP contribution in [0.5, 0.6) is 0 Å². The Balaban J connectivity index is 1.88. The van der Waals surface area contributed by atoms with Crippen molar-refractivity contribution in [3.8, 4) is 10.8 Å². The number of carbonyl (C=O) groups excluding carboxylic acids is 1. The minimum Gasteiger partial charge on any atom is -0.462 e. The molecule has 0 bridgehead atoms. The van der Waals surface area contributed by atoms with Crippen LogP contribution in [0.1, 0.15) is 6.42 Å². The molecule has 1 fully saturated rings. The van der Waals surface area contributed by atoms with Gasteiger partial charge < -0.3 is 4.42 Å². The number of furan rings is 1.